The summed E-state index contributed by atoms with van der Waals surface area (Å²) in [6, 6.07) is 17.2. The van der Waals surface area contributed by atoms with Gasteiger partial charge in [0.15, 0.2) is 23.9 Å². The molecule has 3 aromatic rings. The largest absolute Gasteiger partial charge is 0.493 e. The molecule has 0 fully saturated rings. The minimum atomic E-state index is -0.365. The van der Waals surface area contributed by atoms with Crippen LogP contribution in [0.2, 0.25) is 5.02 Å². The van der Waals surface area contributed by atoms with Crippen LogP contribution in [0, 0.1) is 0 Å². The lowest BCUT2D eigenvalue weighted by Crippen LogP contribution is -2.20. The van der Waals surface area contributed by atoms with Gasteiger partial charge in [-0.2, -0.15) is 0 Å². The number of nitrogens with one attached hydrogen (secondary N) is 2. The van der Waals surface area contributed by atoms with Gasteiger partial charge in [-0.25, -0.2) is 0 Å². The number of allylic oxidation sites excluding steroid dienone is 1. The summed E-state index contributed by atoms with van der Waals surface area (Å²) in [6.07, 6.45) is 3.39. The molecule has 0 aliphatic carbocycles. The number of ether oxygens (including phenoxy) is 2. The van der Waals surface area contributed by atoms with Crippen molar-refractivity contribution < 1.29 is 23.9 Å². The van der Waals surface area contributed by atoms with Crippen LogP contribution in [0.3, 0.4) is 0 Å². The second kappa shape index (κ2) is 10.2. The maximum atomic E-state index is 12.6. The monoisotopic (exact) mass is 476 g/mol. The van der Waals surface area contributed by atoms with Gasteiger partial charge in [0, 0.05) is 11.3 Å². The van der Waals surface area contributed by atoms with E-state index in [0.717, 1.165) is 16.8 Å². The highest BCUT2D eigenvalue weighted by molar-refractivity contribution is 6.33. The SMILES string of the molecule is COc1cc(/C=C/C(=O)c2ccc3c(c2)CC(=O)N3)ccc1OCC(=O)Nc1ccccc1Cl. The van der Waals surface area contributed by atoms with Crippen molar-refractivity contribution in [2.75, 3.05) is 24.4 Å². The van der Waals surface area contributed by atoms with E-state index in [9.17, 15) is 14.4 Å². The number of amides is 2. The molecule has 2 amide bonds. The van der Waals surface area contributed by atoms with Crippen LogP contribution in [0.5, 0.6) is 11.5 Å². The van der Waals surface area contributed by atoms with Crippen molar-refractivity contribution in [1.82, 2.24) is 0 Å². The Hall–Kier alpha value is -4.10. The quantitative estimate of drug-likeness (QED) is 0.361. The standard InChI is InChI=1S/C26H21ClN2O5/c1-33-24-12-16(6-10-22(30)17-8-9-20-18(13-17)14-25(31)28-20)7-11-23(24)34-15-26(32)29-21-5-3-2-4-19(21)27/h2-13H,14-15H2,1H3,(H,28,31)(H,29,32)/b10-6+. The van der Waals surface area contributed by atoms with Crippen molar-refractivity contribution in [2.24, 2.45) is 0 Å². The molecule has 7 nitrogen and oxygen atoms in total. The third-order valence-corrected chi connectivity index (χ3v) is 5.47. The van der Waals surface area contributed by atoms with Crippen LogP contribution in [-0.4, -0.2) is 31.3 Å². The van der Waals surface area contributed by atoms with Crippen LogP contribution in [0.4, 0.5) is 11.4 Å². The topological polar surface area (TPSA) is 93.7 Å². The molecule has 172 valence electrons. The maximum absolute atomic E-state index is 12.6. The average Bonchev–Trinajstić information content (AvgIpc) is 3.22. The zero-order valence-electron chi connectivity index (χ0n) is 18.3. The van der Waals surface area contributed by atoms with Gasteiger partial charge in [0.05, 0.1) is 24.2 Å². The van der Waals surface area contributed by atoms with Gasteiger partial charge in [-0.1, -0.05) is 35.9 Å². The molecule has 0 saturated heterocycles. The molecule has 0 saturated carbocycles. The molecule has 1 aliphatic rings. The fraction of sp³-hybridized carbons (Fsp3) is 0.115. The number of ketones is 1. The highest BCUT2D eigenvalue weighted by atomic mass is 35.5. The normalized spacial score (nSPS) is 12.2. The predicted molar refractivity (Wildman–Crippen MR) is 131 cm³/mol. The number of carbonyl (C=O) groups excluding carboxylic acids is 3. The number of fused-ring (bicyclic) bond motifs is 1. The Bertz CT molecular complexity index is 1300. The molecule has 0 unspecified atom stereocenters. The fourth-order valence-corrected chi connectivity index (χ4v) is 3.63. The van der Waals surface area contributed by atoms with E-state index in [4.69, 9.17) is 21.1 Å². The summed E-state index contributed by atoms with van der Waals surface area (Å²) in [6.45, 7) is -0.231. The Morgan fingerprint density at radius 1 is 1.09 bits per heavy atom. The lowest BCUT2D eigenvalue weighted by molar-refractivity contribution is -0.118. The van der Waals surface area contributed by atoms with Gasteiger partial charge < -0.3 is 20.1 Å². The van der Waals surface area contributed by atoms with E-state index in [1.807, 2.05) is 0 Å². The van der Waals surface area contributed by atoms with Gasteiger partial charge in [-0.15, -0.1) is 0 Å². The Morgan fingerprint density at radius 2 is 1.91 bits per heavy atom. The number of rotatable bonds is 8. The average molecular weight is 477 g/mol. The van der Waals surface area contributed by atoms with E-state index in [-0.39, 0.29) is 30.6 Å². The second-order valence-electron chi connectivity index (χ2n) is 7.52. The number of carbonyl (C=O) groups is 3. The highest BCUT2D eigenvalue weighted by Gasteiger charge is 2.18. The Morgan fingerprint density at radius 3 is 2.71 bits per heavy atom. The molecule has 1 heterocycles. The highest BCUT2D eigenvalue weighted by Crippen LogP contribution is 2.29. The number of benzene rings is 3. The summed E-state index contributed by atoms with van der Waals surface area (Å²) in [4.78, 5) is 36.3. The van der Waals surface area contributed by atoms with Crippen LogP contribution < -0.4 is 20.1 Å². The van der Waals surface area contributed by atoms with Gasteiger partial charge in [0.25, 0.3) is 5.91 Å². The third-order valence-electron chi connectivity index (χ3n) is 5.14. The predicted octanol–water partition coefficient (Wildman–Crippen LogP) is 4.76. The molecule has 0 aromatic heterocycles. The van der Waals surface area contributed by atoms with Gasteiger partial charge in [0.1, 0.15) is 0 Å². The van der Waals surface area contributed by atoms with Gasteiger partial charge in [-0.05, 0) is 59.7 Å². The van der Waals surface area contributed by atoms with Crippen LogP contribution in [0.1, 0.15) is 21.5 Å². The Labute approximate surface area is 201 Å². The van der Waals surface area contributed by atoms with E-state index in [1.165, 1.54) is 13.2 Å². The molecule has 0 radical (unpaired) electrons. The number of halogens is 1. The molecule has 1 aliphatic heterocycles. The van der Waals surface area contributed by atoms with Gasteiger partial charge >= 0.3 is 0 Å². The molecule has 0 spiro atoms. The zero-order chi connectivity index (χ0) is 24.1. The molecule has 4 rings (SSSR count). The van der Waals surface area contributed by atoms with Crippen molar-refractivity contribution in [3.8, 4) is 11.5 Å². The summed E-state index contributed by atoms with van der Waals surface area (Å²) in [5, 5.41) is 5.87. The summed E-state index contributed by atoms with van der Waals surface area (Å²) < 4.78 is 11.0. The van der Waals surface area contributed by atoms with E-state index >= 15 is 0 Å². The fourth-order valence-electron chi connectivity index (χ4n) is 3.45. The smallest absolute Gasteiger partial charge is 0.262 e. The number of anilines is 2. The van der Waals surface area contributed by atoms with Gasteiger partial charge in [-0.3, -0.25) is 14.4 Å². The van der Waals surface area contributed by atoms with Crippen molar-refractivity contribution in [1.29, 1.82) is 0 Å². The van der Waals surface area contributed by atoms with E-state index in [1.54, 1.807) is 66.7 Å². The van der Waals surface area contributed by atoms with Crippen molar-refractivity contribution in [3.05, 3.63) is 88.5 Å². The van der Waals surface area contributed by atoms with E-state index in [2.05, 4.69) is 10.6 Å². The number of para-hydroxylation sites is 1. The molecular formula is C26H21ClN2O5. The summed E-state index contributed by atoms with van der Waals surface area (Å²) in [5.74, 6) is 0.179. The minimum absolute atomic E-state index is 0.0779. The summed E-state index contributed by atoms with van der Waals surface area (Å²) in [5.41, 5.74) is 3.28. The van der Waals surface area contributed by atoms with Crippen LogP contribution in [0.15, 0.2) is 66.7 Å². The van der Waals surface area contributed by atoms with Crippen molar-refractivity contribution in [2.45, 2.75) is 6.42 Å². The first-order valence-corrected chi connectivity index (χ1v) is 10.8. The van der Waals surface area contributed by atoms with Crippen LogP contribution in [-0.2, 0) is 16.0 Å². The zero-order valence-corrected chi connectivity index (χ0v) is 19.0. The molecule has 3 aromatic carbocycles. The number of methoxy groups -OCH3 is 1. The maximum Gasteiger partial charge on any atom is 0.262 e. The number of hydrogen-bond acceptors (Lipinski definition) is 5. The molecule has 8 heteroatoms. The van der Waals surface area contributed by atoms with E-state index < -0.39 is 0 Å². The van der Waals surface area contributed by atoms with Crippen molar-refractivity contribution in [3.63, 3.8) is 0 Å². The Balaban J connectivity index is 1.39. The lowest BCUT2D eigenvalue weighted by atomic mass is 10.0. The first kappa shape index (κ1) is 23.1. The third kappa shape index (κ3) is 5.44. The lowest BCUT2D eigenvalue weighted by Gasteiger charge is -2.12. The molecule has 34 heavy (non-hydrogen) atoms. The minimum Gasteiger partial charge on any atom is -0.493 e. The van der Waals surface area contributed by atoms with Crippen LogP contribution >= 0.6 is 11.6 Å². The first-order valence-electron chi connectivity index (χ1n) is 10.4. The molecular weight excluding hydrogens is 456 g/mol. The van der Waals surface area contributed by atoms with Crippen molar-refractivity contribution >= 4 is 46.6 Å². The summed E-state index contributed by atoms with van der Waals surface area (Å²) >= 11 is 6.05. The summed E-state index contributed by atoms with van der Waals surface area (Å²) in [7, 11) is 1.49. The molecule has 2 N–H and O–H groups in total. The Kier molecular flexibility index (Phi) is 6.94. The van der Waals surface area contributed by atoms with Gasteiger partial charge in [0.2, 0.25) is 5.91 Å². The second-order valence-corrected chi connectivity index (χ2v) is 7.93. The first-order chi connectivity index (χ1) is 16.4. The molecule has 0 bridgehead atoms. The van der Waals surface area contributed by atoms with E-state index in [0.29, 0.717) is 27.8 Å². The number of hydrogen-bond donors (Lipinski definition) is 2. The van der Waals surface area contributed by atoms with Crippen LogP contribution in [0.25, 0.3) is 6.08 Å². The molecule has 0 atom stereocenters.